The first-order chi connectivity index (χ1) is 9.74. The van der Waals surface area contributed by atoms with E-state index in [-0.39, 0.29) is 0 Å². The molecule has 1 aromatic carbocycles. The molecule has 0 aromatic heterocycles. The molecule has 0 N–H and O–H groups in total. The lowest BCUT2D eigenvalue weighted by Gasteiger charge is -2.04. The fraction of sp³-hybridized carbons (Fsp3) is 0.118. The van der Waals surface area contributed by atoms with Crippen LogP contribution in [0.1, 0.15) is 13.3 Å². The molecule has 0 saturated carbocycles. The smallest absolute Gasteiger partial charge is 0.116 e. The molecule has 1 aliphatic heterocycles. The minimum atomic E-state index is 0.712. The summed E-state index contributed by atoms with van der Waals surface area (Å²) in [5, 5.41) is 3.61. The number of thioether (sulfide) groups is 1. The topological polar surface area (TPSA) is 24.7 Å². The van der Waals surface area contributed by atoms with Crippen molar-refractivity contribution < 1.29 is 0 Å². The van der Waals surface area contributed by atoms with Gasteiger partial charge in [0.2, 0.25) is 0 Å². The van der Waals surface area contributed by atoms with Crippen LogP contribution in [0.15, 0.2) is 75.2 Å². The number of fused-ring (bicyclic) bond motifs is 1. The average Bonchev–Trinajstić information content (AvgIpc) is 2.49. The van der Waals surface area contributed by atoms with E-state index in [1.54, 1.807) is 0 Å². The van der Waals surface area contributed by atoms with Gasteiger partial charge in [0.15, 0.2) is 0 Å². The van der Waals surface area contributed by atoms with Gasteiger partial charge in [-0.2, -0.15) is 4.99 Å². The highest BCUT2D eigenvalue weighted by Gasteiger charge is 2.07. The van der Waals surface area contributed by atoms with Gasteiger partial charge in [0.25, 0.3) is 0 Å². The van der Waals surface area contributed by atoms with E-state index in [0.717, 1.165) is 27.6 Å². The van der Waals surface area contributed by atoms with E-state index in [1.165, 1.54) is 11.8 Å². The first kappa shape index (κ1) is 14.3. The Morgan fingerprint density at radius 2 is 2.20 bits per heavy atom. The standard InChI is InChI=1S/C17H16N2S/c1-4-8-15-12-11-14-9-6-7-10-16(14)19-13(3)20-17(15)18-5-2/h4,6-11H,2-3,12H2,1H3/b8-4-,14-11-,17-15-,19-16?. The van der Waals surface area contributed by atoms with Crippen molar-refractivity contribution in [2.24, 2.45) is 9.98 Å². The number of rotatable bonds is 2. The van der Waals surface area contributed by atoms with Crippen molar-refractivity contribution in [2.75, 3.05) is 0 Å². The number of benzene rings is 1. The fourth-order valence-electron chi connectivity index (χ4n) is 1.91. The van der Waals surface area contributed by atoms with Crippen LogP contribution >= 0.6 is 11.8 Å². The van der Waals surface area contributed by atoms with Gasteiger partial charge >= 0.3 is 0 Å². The molecule has 0 unspecified atom stereocenters. The largest absolute Gasteiger partial charge is 0.242 e. The first-order valence-corrected chi connectivity index (χ1v) is 7.15. The summed E-state index contributed by atoms with van der Waals surface area (Å²) in [5.74, 6) is 2.60. The van der Waals surface area contributed by atoms with Gasteiger partial charge in [-0.3, -0.25) is 0 Å². The maximum atomic E-state index is 4.56. The quantitative estimate of drug-likeness (QED) is 0.763. The second kappa shape index (κ2) is 6.90. The van der Waals surface area contributed by atoms with Gasteiger partial charge in [0, 0.05) is 0 Å². The molecule has 100 valence electrons. The van der Waals surface area contributed by atoms with E-state index in [4.69, 9.17) is 0 Å². The van der Waals surface area contributed by atoms with E-state index in [2.05, 4.69) is 47.2 Å². The van der Waals surface area contributed by atoms with Crippen LogP contribution in [0.5, 0.6) is 0 Å². The van der Waals surface area contributed by atoms with Crippen molar-refractivity contribution in [3.63, 3.8) is 0 Å². The van der Waals surface area contributed by atoms with E-state index in [9.17, 15) is 0 Å². The summed E-state index contributed by atoms with van der Waals surface area (Å²) in [6.07, 6.45) is 7.01. The summed E-state index contributed by atoms with van der Waals surface area (Å²) < 4.78 is 0. The van der Waals surface area contributed by atoms with E-state index in [1.807, 2.05) is 31.2 Å². The van der Waals surface area contributed by atoms with Crippen LogP contribution < -0.4 is 10.6 Å². The van der Waals surface area contributed by atoms with Crippen molar-refractivity contribution in [3.05, 3.63) is 75.8 Å². The number of hydrogen-bond donors (Lipinski definition) is 0. The summed E-state index contributed by atoms with van der Waals surface area (Å²) in [6.45, 7) is 9.55. The summed E-state index contributed by atoms with van der Waals surface area (Å²) >= 11 is 1.45. The lowest BCUT2D eigenvalue weighted by atomic mass is 10.1. The van der Waals surface area contributed by atoms with Gasteiger partial charge in [0.1, 0.15) is 5.03 Å². The summed E-state index contributed by atoms with van der Waals surface area (Å²) in [4.78, 5) is 8.79. The molecule has 1 aromatic rings. The Bertz CT molecular complexity index is 747. The van der Waals surface area contributed by atoms with Gasteiger partial charge in [-0.1, -0.05) is 43.0 Å². The Balaban J connectivity index is 2.64. The predicted octanol–water partition coefficient (Wildman–Crippen LogP) is 3.34. The van der Waals surface area contributed by atoms with Crippen molar-refractivity contribution in [1.29, 1.82) is 0 Å². The molecule has 20 heavy (non-hydrogen) atoms. The maximum Gasteiger partial charge on any atom is 0.116 e. The molecule has 0 aliphatic carbocycles. The summed E-state index contributed by atoms with van der Waals surface area (Å²) in [5.41, 5.74) is 1.11. The molecule has 0 radical (unpaired) electrons. The lowest BCUT2D eigenvalue weighted by molar-refractivity contribution is 1.26. The molecule has 0 fully saturated rings. The SMILES string of the molecule is C=C=N/C1=C(\C=C/C)C/C=c2/ccccc2=NC(=C)S1. The molecule has 0 bridgehead atoms. The number of nitrogens with zero attached hydrogens (tertiary/aromatic N) is 2. The zero-order chi connectivity index (χ0) is 14.4. The van der Waals surface area contributed by atoms with Crippen LogP contribution in [0.25, 0.3) is 6.08 Å². The molecular weight excluding hydrogens is 264 g/mol. The minimum Gasteiger partial charge on any atom is -0.242 e. The Hall–Kier alpha value is -2.09. The number of allylic oxidation sites excluding steroid dienone is 3. The Kier molecular flexibility index (Phi) is 4.94. The molecule has 2 nitrogen and oxygen atoms in total. The summed E-state index contributed by atoms with van der Waals surface area (Å²) in [7, 11) is 0. The van der Waals surface area contributed by atoms with Crippen molar-refractivity contribution in [1.82, 2.24) is 0 Å². The van der Waals surface area contributed by atoms with E-state index < -0.39 is 0 Å². The molecule has 1 heterocycles. The fourth-order valence-corrected chi connectivity index (χ4v) is 2.67. The number of aliphatic imine (C=N–C) groups is 1. The van der Waals surface area contributed by atoms with Crippen LogP contribution in [0.4, 0.5) is 0 Å². The van der Waals surface area contributed by atoms with Gasteiger partial charge in [-0.15, -0.1) is 0 Å². The molecule has 0 amide bonds. The Morgan fingerprint density at radius 1 is 1.40 bits per heavy atom. The Morgan fingerprint density at radius 3 is 2.95 bits per heavy atom. The highest BCUT2D eigenvalue weighted by molar-refractivity contribution is 8.06. The van der Waals surface area contributed by atoms with Gasteiger partial charge in [0.05, 0.1) is 10.4 Å². The number of hydrogen-bond acceptors (Lipinski definition) is 3. The zero-order valence-electron chi connectivity index (χ0n) is 11.5. The summed E-state index contributed by atoms with van der Waals surface area (Å²) in [6, 6.07) is 8.05. The third-order valence-corrected chi connectivity index (χ3v) is 3.64. The third kappa shape index (κ3) is 3.47. The molecular formula is C17H16N2S. The molecule has 3 heteroatoms. The van der Waals surface area contributed by atoms with Crippen molar-refractivity contribution in [3.8, 4) is 0 Å². The van der Waals surface area contributed by atoms with Crippen LogP contribution in [0.2, 0.25) is 0 Å². The van der Waals surface area contributed by atoms with Gasteiger partial charge in [-0.25, -0.2) is 4.99 Å². The molecule has 0 atom stereocenters. The second-order valence-corrected chi connectivity index (χ2v) is 5.24. The van der Waals surface area contributed by atoms with Crippen molar-refractivity contribution in [2.45, 2.75) is 13.3 Å². The molecule has 0 saturated heterocycles. The highest BCUT2D eigenvalue weighted by Crippen LogP contribution is 2.30. The average molecular weight is 280 g/mol. The number of para-hydroxylation sites is 1. The Labute approximate surface area is 123 Å². The molecule has 1 aliphatic rings. The molecule has 2 rings (SSSR count). The van der Waals surface area contributed by atoms with Gasteiger partial charge < -0.3 is 0 Å². The first-order valence-electron chi connectivity index (χ1n) is 6.34. The normalized spacial score (nSPS) is 20.6. The van der Waals surface area contributed by atoms with Gasteiger partial charge in [-0.05, 0) is 54.4 Å². The molecule has 0 spiro atoms. The van der Waals surface area contributed by atoms with Crippen LogP contribution in [0.3, 0.4) is 0 Å². The van der Waals surface area contributed by atoms with E-state index >= 15 is 0 Å². The predicted molar refractivity (Wildman–Crippen MR) is 87.9 cm³/mol. The minimum absolute atomic E-state index is 0.712. The highest BCUT2D eigenvalue weighted by atomic mass is 32.2. The monoisotopic (exact) mass is 280 g/mol. The van der Waals surface area contributed by atoms with Crippen LogP contribution in [-0.4, -0.2) is 5.87 Å². The zero-order valence-corrected chi connectivity index (χ0v) is 12.3. The van der Waals surface area contributed by atoms with Crippen molar-refractivity contribution >= 4 is 23.7 Å². The maximum absolute atomic E-state index is 4.56. The van der Waals surface area contributed by atoms with Crippen LogP contribution in [-0.2, 0) is 0 Å². The van der Waals surface area contributed by atoms with E-state index in [0.29, 0.717) is 5.03 Å². The lowest BCUT2D eigenvalue weighted by Crippen LogP contribution is -2.23. The third-order valence-electron chi connectivity index (χ3n) is 2.76. The van der Waals surface area contributed by atoms with Crippen LogP contribution in [0, 0.1) is 0 Å². The second-order valence-electron chi connectivity index (χ2n) is 4.17.